The first-order valence-electron chi connectivity index (χ1n) is 19.7. The Bertz CT molecular complexity index is 489. The zero-order valence-electron chi connectivity index (χ0n) is 29.5. The molecule has 0 amide bonds. The van der Waals surface area contributed by atoms with E-state index in [9.17, 15) is 9.90 Å². The Morgan fingerprint density at radius 3 is 0.814 bits per heavy atom. The molecule has 0 unspecified atom stereocenters. The summed E-state index contributed by atoms with van der Waals surface area (Å²) in [5, 5.41) is 9.34. The van der Waals surface area contributed by atoms with E-state index in [2.05, 4.69) is 13.8 Å². The molecule has 258 valence electrons. The topological polar surface area (TPSA) is 37.3 Å². The van der Waals surface area contributed by atoms with Crippen LogP contribution in [0.25, 0.3) is 0 Å². The molecule has 0 aromatic rings. The SMILES string of the molecule is CCCCCCCCCCCCCCCCCCSC(CC(=O)O)SCCCCCCCCCCCCCCCCCC. The number of thioether (sulfide) groups is 2. The van der Waals surface area contributed by atoms with Crippen molar-refractivity contribution in [2.75, 3.05) is 11.5 Å². The molecule has 0 aromatic heterocycles. The van der Waals surface area contributed by atoms with Crippen molar-refractivity contribution >= 4 is 29.5 Å². The Morgan fingerprint density at radius 2 is 0.605 bits per heavy atom. The van der Waals surface area contributed by atoms with E-state index in [1.165, 1.54) is 205 Å². The smallest absolute Gasteiger partial charge is 0.305 e. The standard InChI is InChI=1S/C39H78O2S2/c1-3-5-7-9-11-13-15-17-19-21-23-25-27-29-31-33-35-42-39(37-38(40)41)43-36-34-32-30-28-26-24-22-20-18-16-14-12-10-8-6-4-2/h39H,3-37H2,1-2H3,(H,40,41). The predicted molar refractivity (Wildman–Crippen MR) is 200 cm³/mol. The van der Waals surface area contributed by atoms with Crippen molar-refractivity contribution in [3.05, 3.63) is 0 Å². The van der Waals surface area contributed by atoms with Gasteiger partial charge in [-0.3, -0.25) is 4.79 Å². The molecular weight excluding hydrogens is 565 g/mol. The quantitative estimate of drug-likeness (QED) is 0.0537. The molecule has 0 saturated carbocycles. The molecule has 0 bridgehead atoms. The summed E-state index contributed by atoms with van der Waals surface area (Å²) in [4.78, 5) is 11.3. The van der Waals surface area contributed by atoms with Gasteiger partial charge in [0.2, 0.25) is 0 Å². The summed E-state index contributed by atoms with van der Waals surface area (Å²) in [6.07, 6.45) is 45.2. The van der Waals surface area contributed by atoms with Gasteiger partial charge >= 0.3 is 5.97 Å². The van der Waals surface area contributed by atoms with E-state index >= 15 is 0 Å². The van der Waals surface area contributed by atoms with Gasteiger partial charge in [-0.1, -0.05) is 206 Å². The predicted octanol–water partition coefficient (Wildman–Crippen LogP) is 14.8. The minimum atomic E-state index is -0.635. The van der Waals surface area contributed by atoms with Crippen molar-refractivity contribution in [3.63, 3.8) is 0 Å². The van der Waals surface area contributed by atoms with Crippen molar-refractivity contribution in [2.45, 2.75) is 230 Å². The van der Waals surface area contributed by atoms with Crippen LogP contribution in [0, 0.1) is 0 Å². The van der Waals surface area contributed by atoms with E-state index in [0.29, 0.717) is 6.42 Å². The van der Waals surface area contributed by atoms with Gasteiger partial charge < -0.3 is 5.11 Å². The lowest BCUT2D eigenvalue weighted by Gasteiger charge is -2.14. The van der Waals surface area contributed by atoms with Gasteiger partial charge in [0.15, 0.2) is 0 Å². The highest BCUT2D eigenvalue weighted by Gasteiger charge is 2.14. The molecule has 1 N–H and O–H groups in total. The molecule has 0 aliphatic heterocycles. The van der Waals surface area contributed by atoms with Gasteiger partial charge in [-0.15, -0.1) is 23.5 Å². The zero-order valence-corrected chi connectivity index (χ0v) is 31.1. The minimum absolute atomic E-state index is 0.241. The summed E-state index contributed by atoms with van der Waals surface area (Å²) in [7, 11) is 0. The summed E-state index contributed by atoms with van der Waals surface area (Å²) in [6, 6.07) is 0. The molecule has 4 heteroatoms. The molecule has 0 atom stereocenters. The fourth-order valence-electron chi connectivity index (χ4n) is 6.04. The highest BCUT2D eigenvalue weighted by Crippen LogP contribution is 2.29. The lowest BCUT2D eigenvalue weighted by molar-refractivity contribution is -0.136. The average molecular weight is 643 g/mol. The highest BCUT2D eigenvalue weighted by atomic mass is 32.2. The number of rotatable bonds is 38. The van der Waals surface area contributed by atoms with Gasteiger partial charge in [0.1, 0.15) is 0 Å². The highest BCUT2D eigenvalue weighted by molar-refractivity contribution is 8.17. The van der Waals surface area contributed by atoms with E-state index in [1.54, 1.807) is 0 Å². The van der Waals surface area contributed by atoms with Gasteiger partial charge in [0.05, 0.1) is 11.0 Å². The van der Waals surface area contributed by atoms with E-state index in [-0.39, 0.29) is 4.58 Å². The number of carbonyl (C=O) groups is 1. The maximum Gasteiger partial charge on any atom is 0.305 e. The third-order valence-corrected chi connectivity index (χ3v) is 11.9. The molecule has 0 aliphatic carbocycles. The summed E-state index contributed by atoms with van der Waals surface area (Å²) < 4.78 is 0.241. The second-order valence-corrected chi connectivity index (χ2v) is 16.3. The van der Waals surface area contributed by atoms with Crippen LogP contribution in [0.15, 0.2) is 0 Å². The van der Waals surface area contributed by atoms with Crippen LogP contribution in [0.3, 0.4) is 0 Å². The lowest BCUT2D eigenvalue weighted by Crippen LogP contribution is -2.08. The fourth-order valence-corrected chi connectivity index (χ4v) is 8.79. The van der Waals surface area contributed by atoms with Gasteiger partial charge in [0, 0.05) is 0 Å². The second kappa shape index (κ2) is 38.4. The zero-order chi connectivity index (χ0) is 31.3. The van der Waals surface area contributed by atoms with Crippen LogP contribution < -0.4 is 0 Å². The monoisotopic (exact) mass is 643 g/mol. The largest absolute Gasteiger partial charge is 0.481 e. The molecule has 0 spiro atoms. The van der Waals surface area contributed by atoms with E-state index < -0.39 is 5.97 Å². The Kier molecular flexibility index (Phi) is 38.5. The van der Waals surface area contributed by atoms with Gasteiger partial charge in [-0.05, 0) is 24.3 Å². The molecule has 0 radical (unpaired) electrons. The van der Waals surface area contributed by atoms with Crippen LogP contribution >= 0.6 is 23.5 Å². The molecule has 0 rings (SSSR count). The number of hydrogen-bond donors (Lipinski definition) is 1. The Hall–Kier alpha value is 0.170. The van der Waals surface area contributed by atoms with Gasteiger partial charge in [-0.25, -0.2) is 0 Å². The molecular formula is C39H78O2S2. The molecule has 0 aliphatic rings. The Labute approximate surface area is 280 Å². The minimum Gasteiger partial charge on any atom is -0.481 e. The van der Waals surface area contributed by atoms with Crippen molar-refractivity contribution < 1.29 is 9.90 Å². The fraction of sp³-hybridized carbons (Fsp3) is 0.974. The van der Waals surface area contributed by atoms with Crippen molar-refractivity contribution in [1.29, 1.82) is 0 Å². The number of hydrogen-bond acceptors (Lipinski definition) is 3. The summed E-state index contributed by atoms with van der Waals surface area (Å²) >= 11 is 3.81. The summed E-state index contributed by atoms with van der Waals surface area (Å²) in [5.74, 6) is 1.62. The van der Waals surface area contributed by atoms with Crippen LogP contribution in [-0.2, 0) is 4.79 Å². The molecule has 0 aromatic carbocycles. The van der Waals surface area contributed by atoms with Gasteiger partial charge in [0.25, 0.3) is 0 Å². The number of carboxylic acids is 1. The molecule has 0 saturated heterocycles. The van der Waals surface area contributed by atoms with Crippen LogP contribution in [0.1, 0.15) is 226 Å². The third-order valence-electron chi connectivity index (χ3n) is 8.94. The summed E-state index contributed by atoms with van der Waals surface area (Å²) in [5.41, 5.74) is 0. The Morgan fingerprint density at radius 1 is 0.395 bits per heavy atom. The first-order chi connectivity index (χ1) is 21.2. The van der Waals surface area contributed by atoms with Crippen molar-refractivity contribution in [2.24, 2.45) is 0 Å². The van der Waals surface area contributed by atoms with Crippen LogP contribution in [0.4, 0.5) is 0 Å². The number of aliphatic carboxylic acids is 1. The summed E-state index contributed by atoms with van der Waals surface area (Å²) in [6.45, 7) is 4.59. The van der Waals surface area contributed by atoms with Crippen molar-refractivity contribution in [1.82, 2.24) is 0 Å². The Balaban J connectivity index is 3.45. The van der Waals surface area contributed by atoms with Crippen LogP contribution in [0.2, 0.25) is 0 Å². The van der Waals surface area contributed by atoms with E-state index in [4.69, 9.17) is 0 Å². The second-order valence-electron chi connectivity index (χ2n) is 13.4. The maximum atomic E-state index is 11.3. The normalized spacial score (nSPS) is 11.6. The van der Waals surface area contributed by atoms with Crippen LogP contribution in [-0.4, -0.2) is 27.2 Å². The number of carboxylic acid groups (broad SMARTS) is 1. The first kappa shape index (κ1) is 43.2. The molecule has 43 heavy (non-hydrogen) atoms. The average Bonchev–Trinajstić information content (AvgIpc) is 2.99. The maximum absolute atomic E-state index is 11.3. The molecule has 0 heterocycles. The van der Waals surface area contributed by atoms with Gasteiger partial charge in [-0.2, -0.15) is 0 Å². The molecule has 0 fully saturated rings. The van der Waals surface area contributed by atoms with Crippen molar-refractivity contribution in [3.8, 4) is 0 Å². The van der Waals surface area contributed by atoms with Crippen LogP contribution in [0.5, 0.6) is 0 Å². The first-order valence-corrected chi connectivity index (χ1v) is 21.8. The van der Waals surface area contributed by atoms with E-state index in [0.717, 1.165) is 11.5 Å². The third kappa shape index (κ3) is 38.3. The number of unbranched alkanes of at least 4 members (excludes halogenated alkanes) is 30. The molecule has 2 nitrogen and oxygen atoms in total. The lowest BCUT2D eigenvalue weighted by atomic mass is 10.0. The van der Waals surface area contributed by atoms with E-state index in [1.807, 2.05) is 23.5 Å².